The number of halogens is 3. The van der Waals surface area contributed by atoms with Gasteiger partial charge in [0.1, 0.15) is 17.3 Å². The van der Waals surface area contributed by atoms with Gasteiger partial charge in [0.05, 0.1) is 0 Å². The standard InChI is InChI=1S/C11H13F3N2O2/c1-2-9(10(15)16)17-7-3-5-8(6-4-7)18-11(12,13)14/h3-6,9H,2H2,1H3,(H3,15,16). The predicted molar refractivity (Wildman–Crippen MR) is 59.7 cm³/mol. The molecule has 1 rings (SSSR count). The zero-order valence-corrected chi connectivity index (χ0v) is 9.62. The fourth-order valence-electron chi connectivity index (χ4n) is 1.25. The molecule has 1 aromatic carbocycles. The summed E-state index contributed by atoms with van der Waals surface area (Å²) < 4.78 is 44.8. The first-order chi connectivity index (χ1) is 8.31. The van der Waals surface area contributed by atoms with Gasteiger partial charge in [0.2, 0.25) is 0 Å². The van der Waals surface area contributed by atoms with Crippen LogP contribution in [0.1, 0.15) is 13.3 Å². The van der Waals surface area contributed by atoms with Crippen LogP contribution < -0.4 is 15.2 Å². The van der Waals surface area contributed by atoms with Gasteiger partial charge in [-0.1, -0.05) is 6.92 Å². The average Bonchev–Trinajstić information content (AvgIpc) is 2.25. The van der Waals surface area contributed by atoms with Crippen molar-refractivity contribution in [2.45, 2.75) is 25.8 Å². The van der Waals surface area contributed by atoms with Gasteiger partial charge < -0.3 is 15.2 Å². The van der Waals surface area contributed by atoms with E-state index in [9.17, 15) is 13.2 Å². The Bertz CT molecular complexity index is 404. The highest BCUT2D eigenvalue weighted by molar-refractivity contribution is 5.81. The molecule has 0 bridgehead atoms. The maximum absolute atomic E-state index is 11.9. The van der Waals surface area contributed by atoms with E-state index in [-0.39, 0.29) is 11.6 Å². The number of nitrogens with one attached hydrogen (secondary N) is 1. The van der Waals surface area contributed by atoms with Crippen molar-refractivity contribution in [3.63, 3.8) is 0 Å². The molecule has 0 radical (unpaired) electrons. The van der Waals surface area contributed by atoms with Crippen LogP contribution in [0.3, 0.4) is 0 Å². The zero-order chi connectivity index (χ0) is 13.8. The lowest BCUT2D eigenvalue weighted by atomic mass is 10.2. The van der Waals surface area contributed by atoms with Gasteiger partial charge >= 0.3 is 6.36 Å². The molecule has 0 amide bonds. The smallest absolute Gasteiger partial charge is 0.483 e. The number of rotatable bonds is 5. The first-order valence-electron chi connectivity index (χ1n) is 5.18. The van der Waals surface area contributed by atoms with Crippen molar-refractivity contribution in [3.8, 4) is 11.5 Å². The minimum Gasteiger partial charge on any atom is -0.483 e. The molecule has 0 aliphatic heterocycles. The molecular weight excluding hydrogens is 249 g/mol. The monoisotopic (exact) mass is 262 g/mol. The maximum atomic E-state index is 11.9. The Balaban J connectivity index is 2.68. The second-order valence-corrected chi connectivity index (χ2v) is 3.49. The molecule has 18 heavy (non-hydrogen) atoms. The third-order valence-corrected chi connectivity index (χ3v) is 2.05. The Labute approximate surface area is 102 Å². The van der Waals surface area contributed by atoms with Crippen LogP contribution in [0.4, 0.5) is 13.2 Å². The highest BCUT2D eigenvalue weighted by Crippen LogP contribution is 2.25. The quantitative estimate of drug-likeness (QED) is 0.633. The van der Waals surface area contributed by atoms with Crippen LogP contribution in [0.5, 0.6) is 11.5 Å². The third-order valence-electron chi connectivity index (χ3n) is 2.05. The van der Waals surface area contributed by atoms with Crippen LogP contribution >= 0.6 is 0 Å². The maximum Gasteiger partial charge on any atom is 0.573 e. The molecule has 0 saturated carbocycles. The lowest BCUT2D eigenvalue weighted by Gasteiger charge is -2.16. The van der Waals surface area contributed by atoms with E-state index in [0.29, 0.717) is 12.2 Å². The van der Waals surface area contributed by atoms with Gasteiger partial charge in [-0.15, -0.1) is 13.2 Å². The van der Waals surface area contributed by atoms with Crippen molar-refractivity contribution in [3.05, 3.63) is 24.3 Å². The van der Waals surface area contributed by atoms with E-state index in [1.165, 1.54) is 12.1 Å². The summed E-state index contributed by atoms with van der Waals surface area (Å²) in [5, 5.41) is 7.24. The first kappa shape index (κ1) is 14.1. The Morgan fingerprint density at radius 3 is 2.17 bits per heavy atom. The van der Waals surface area contributed by atoms with E-state index in [1.54, 1.807) is 6.92 Å². The molecule has 0 fully saturated rings. The summed E-state index contributed by atoms with van der Waals surface area (Å²) in [5.41, 5.74) is 5.29. The molecule has 0 spiro atoms. The lowest BCUT2D eigenvalue weighted by molar-refractivity contribution is -0.274. The van der Waals surface area contributed by atoms with Crippen molar-refractivity contribution in [2.75, 3.05) is 0 Å². The molecule has 100 valence electrons. The number of benzene rings is 1. The Hall–Kier alpha value is -1.92. The number of ether oxygens (including phenoxy) is 2. The molecule has 0 saturated heterocycles. The molecule has 1 atom stereocenters. The van der Waals surface area contributed by atoms with E-state index in [4.69, 9.17) is 15.9 Å². The number of amidine groups is 1. The Morgan fingerprint density at radius 2 is 1.78 bits per heavy atom. The average molecular weight is 262 g/mol. The molecule has 1 aromatic rings. The van der Waals surface area contributed by atoms with Gasteiger partial charge in [0.15, 0.2) is 6.10 Å². The van der Waals surface area contributed by atoms with Crippen molar-refractivity contribution in [1.82, 2.24) is 0 Å². The van der Waals surface area contributed by atoms with Gasteiger partial charge in [0.25, 0.3) is 0 Å². The van der Waals surface area contributed by atoms with Crippen LogP contribution in [-0.4, -0.2) is 18.3 Å². The summed E-state index contributed by atoms with van der Waals surface area (Å²) >= 11 is 0. The normalized spacial score (nSPS) is 12.9. The van der Waals surface area contributed by atoms with Gasteiger partial charge in [-0.05, 0) is 30.7 Å². The van der Waals surface area contributed by atoms with Crippen LogP contribution in [0, 0.1) is 5.41 Å². The molecule has 0 heterocycles. The molecule has 7 heteroatoms. The largest absolute Gasteiger partial charge is 0.573 e. The molecule has 0 aliphatic carbocycles. The summed E-state index contributed by atoms with van der Waals surface area (Å²) in [6, 6.07) is 4.92. The van der Waals surface area contributed by atoms with Crippen LogP contribution in [0.2, 0.25) is 0 Å². The summed E-state index contributed by atoms with van der Waals surface area (Å²) in [6.07, 6.45) is -4.80. The summed E-state index contributed by atoms with van der Waals surface area (Å²) in [7, 11) is 0. The van der Waals surface area contributed by atoms with Gasteiger partial charge in [-0.25, -0.2) is 0 Å². The third kappa shape index (κ3) is 4.52. The molecule has 1 unspecified atom stereocenters. The van der Waals surface area contributed by atoms with E-state index in [2.05, 4.69) is 4.74 Å². The summed E-state index contributed by atoms with van der Waals surface area (Å²) in [6.45, 7) is 1.78. The van der Waals surface area contributed by atoms with Gasteiger partial charge in [0, 0.05) is 0 Å². The SMILES string of the molecule is CCC(Oc1ccc(OC(F)(F)F)cc1)C(=N)N. The van der Waals surface area contributed by atoms with Crippen molar-refractivity contribution >= 4 is 5.84 Å². The minimum absolute atomic E-state index is 0.131. The number of hydrogen-bond acceptors (Lipinski definition) is 3. The number of alkyl halides is 3. The van der Waals surface area contributed by atoms with Crippen LogP contribution in [0.25, 0.3) is 0 Å². The highest BCUT2D eigenvalue weighted by atomic mass is 19.4. The second kappa shape index (κ2) is 5.61. The molecule has 0 aliphatic rings. The second-order valence-electron chi connectivity index (χ2n) is 3.49. The summed E-state index contributed by atoms with van der Waals surface area (Å²) in [4.78, 5) is 0. The van der Waals surface area contributed by atoms with Crippen LogP contribution in [0.15, 0.2) is 24.3 Å². The van der Waals surface area contributed by atoms with Gasteiger partial charge in [-0.3, -0.25) is 5.41 Å². The van der Waals surface area contributed by atoms with Crippen molar-refractivity contribution in [2.24, 2.45) is 5.73 Å². The Kier molecular flexibility index (Phi) is 4.41. The first-order valence-corrected chi connectivity index (χ1v) is 5.18. The van der Waals surface area contributed by atoms with E-state index in [1.807, 2.05) is 0 Å². The highest BCUT2D eigenvalue weighted by Gasteiger charge is 2.31. The van der Waals surface area contributed by atoms with Crippen molar-refractivity contribution < 1.29 is 22.6 Å². The van der Waals surface area contributed by atoms with Gasteiger partial charge in [-0.2, -0.15) is 0 Å². The van der Waals surface area contributed by atoms with E-state index < -0.39 is 12.5 Å². The number of hydrogen-bond donors (Lipinski definition) is 2. The fourth-order valence-corrected chi connectivity index (χ4v) is 1.25. The zero-order valence-electron chi connectivity index (χ0n) is 9.62. The van der Waals surface area contributed by atoms with E-state index in [0.717, 1.165) is 12.1 Å². The van der Waals surface area contributed by atoms with E-state index >= 15 is 0 Å². The topological polar surface area (TPSA) is 68.3 Å². The fraction of sp³-hybridized carbons (Fsp3) is 0.364. The summed E-state index contributed by atoms with van der Waals surface area (Å²) in [5.74, 6) is -0.134. The molecule has 0 aromatic heterocycles. The lowest BCUT2D eigenvalue weighted by Crippen LogP contribution is -2.32. The Morgan fingerprint density at radius 1 is 1.28 bits per heavy atom. The van der Waals surface area contributed by atoms with Crippen molar-refractivity contribution in [1.29, 1.82) is 5.41 Å². The minimum atomic E-state index is -4.71. The molecule has 4 nitrogen and oxygen atoms in total. The molecule has 3 N–H and O–H groups in total. The molecular formula is C11H13F3N2O2. The number of nitrogens with two attached hydrogens (primary N) is 1. The predicted octanol–water partition coefficient (Wildman–Crippen LogP) is 2.68. The van der Waals surface area contributed by atoms with Crippen LogP contribution in [-0.2, 0) is 0 Å².